The molecule has 0 bridgehead atoms. The lowest BCUT2D eigenvalue weighted by Gasteiger charge is -2.12. The zero-order chi connectivity index (χ0) is 21.1. The lowest BCUT2D eigenvalue weighted by Crippen LogP contribution is -2.22. The molecule has 0 unspecified atom stereocenters. The Morgan fingerprint density at radius 3 is 2.43 bits per heavy atom. The maximum Gasteiger partial charge on any atom is 0.244 e. The molecule has 4 aromatic rings. The van der Waals surface area contributed by atoms with Gasteiger partial charge in [-0.15, -0.1) is 0 Å². The second-order valence-corrected chi connectivity index (χ2v) is 7.82. The van der Waals surface area contributed by atoms with E-state index in [1.165, 1.54) is 0 Å². The number of imidazole rings is 1. The summed E-state index contributed by atoms with van der Waals surface area (Å²) in [4.78, 5) is 30.6. The molecule has 5 nitrogen and oxygen atoms in total. The van der Waals surface area contributed by atoms with Gasteiger partial charge >= 0.3 is 0 Å². The molecule has 1 aromatic heterocycles. The average molecular weight is 462 g/mol. The molecule has 0 aliphatic heterocycles. The molecule has 0 aliphatic rings. The fraction of sp³-hybridized carbons (Fsp3) is 0.125. The van der Waals surface area contributed by atoms with Gasteiger partial charge in [-0.05, 0) is 54.4 Å². The van der Waals surface area contributed by atoms with Crippen molar-refractivity contribution in [3.63, 3.8) is 0 Å². The van der Waals surface area contributed by atoms with Crippen molar-refractivity contribution in [3.8, 4) is 0 Å². The standard InChI is InChI=1S/C24H20BrN3O2/c1-2-16-7-3-4-8-19(16)26-22(29)15-28-21-10-6-5-9-20(21)27-24(28)23(30)17-11-13-18(25)14-12-17/h3-14H,2,15H2,1H3,(H,26,29). The van der Waals surface area contributed by atoms with Crippen molar-refractivity contribution in [2.75, 3.05) is 5.32 Å². The Labute approximate surface area is 182 Å². The zero-order valence-electron chi connectivity index (χ0n) is 16.4. The number of rotatable bonds is 6. The van der Waals surface area contributed by atoms with Gasteiger partial charge in [0, 0.05) is 15.7 Å². The number of fused-ring (bicyclic) bond motifs is 1. The van der Waals surface area contributed by atoms with Crippen LogP contribution in [-0.2, 0) is 17.8 Å². The van der Waals surface area contributed by atoms with Crippen molar-refractivity contribution >= 4 is 44.3 Å². The summed E-state index contributed by atoms with van der Waals surface area (Å²) in [5.74, 6) is -0.179. The molecule has 1 amide bonds. The second-order valence-electron chi connectivity index (χ2n) is 6.91. The molecule has 1 N–H and O–H groups in total. The number of ketones is 1. The number of hydrogen-bond donors (Lipinski definition) is 1. The van der Waals surface area contributed by atoms with Gasteiger partial charge in [0.15, 0.2) is 5.82 Å². The molecule has 30 heavy (non-hydrogen) atoms. The molecule has 0 saturated carbocycles. The number of benzene rings is 3. The Balaban J connectivity index is 1.69. The molecule has 3 aromatic carbocycles. The highest BCUT2D eigenvalue weighted by atomic mass is 79.9. The monoisotopic (exact) mass is 461 g/mol. The van der Waals surface area contributed by atoms with Crippen LogP contribution in [0.2, 0.25) is 0 Å². The minimum atomic E-state index is -0.222. The highest BCUT2D eigenvalue weighted by molar-refractivity contribution is 9.10. The number of carbonyl (C=O) groups excluding carboxylic acids is 2. The van der Waals surface area contributed by atoms with Crippen LogP contribution >= 0.6 is 15.9 Å². The number of aryl methyl sites for hydroxylation is 1. The molecular weight excluding hydrogens is 442 g/mol. The summed E-state index contributed by atoms with van der Waals surface area (Å²) in [7, 11) is 0. The minimum absolute atomic E-state index is 0.00381. The lowest BCUT2D eigenvalue weighted by atomic mass is 10.1. The van der Waals surface area contributed by atoms with Crippen LogP contribution in [0.5, 0.6) is 0 Å². The fourth-order valence-corrected chi connectivity index (χ4v) is 3.69. The molecule has 0 aliphatic carbocycles. The number of para-hydroxylation sites is 3. The summed E-state index contributed by atoms with van der Waals surface area (Å²) in [6.45, 7) is 2.04. The summed E-state index contributed by atoms with van der Waals surface area (Å²) >= 11 is 3.38. The van der Waals surface area contributed by atoms with Crippen LogP contribution in [0.1, 0.15) is 28.7 Å². The van der Waals surface area contributed by atoms with Crippen molar-refractivity contribution < 1.29 is 9.59 Å². The Bertz CT molecular complexity index is 1230. The van der Waals surface area contributed by atoms with Gasteiger partial charge in [0.2, 0.25) is 11.7 Å². The van der Waals surface area contributed by atoms with Crippen molar-refractivity contribution in [3.05, 3.63) is 94.2 Å². The molecule has 6 heteroatoms. The fourth-order valence-electron chi connectivity index (χ4n) is 3.42. The largest absolute Gasteiger partial charge is 0.324 e. The Kier molecular flexibility index (Phi) is 5.77. The Morgan fingerprint density at radius 2 is 1.67 bits per heavy atom. The number of carbonyl (C=O) groups is 2. The normalized spacial score (nSPS) is 10.9. The van der Waals surface area contributed by atoms with E-state index in [0.29, 0.717) is 11.1 Å². The van der Waals surface area contributed by atoms with E-state index in [4.69, 9.17) is 0 Å². The van der Waals surface area contributed by atoms with Crippen molar-refractivity contribution in [2.24, 2.45) is 0 Å². The quantitative estimate of drug-likeness (QED) is 0.399. The number of halogens is 1. The SMILES string of the molecule is CCc1ccccc1NC(=O)Cn1c(C(=O)c2ccc(Br)cc2)nc2ccccc21. The van der Waals surface area contributed by atoms with Crippen LogP contribution in [0.15, 0.2) is 77.3 Å². The first-order chi connectivity index (χ1) is 14.6. The zero-order valence-corrected chi connectivity index (χ0v) is 18.0. The number of nitrogens with one attached hydrogen (secondary N) is 1. The molecular formula is C24H20BrN3O2. The molecule has 0 radical (unpaired) electrons. The first-order valence-corrected chi connectivity index (χ1v) is 10.5. The maximum atomic E-state index is 13.2. The summed E-state index contributed by atoms with van der Waals surface area (Å²) in [5, 5.41) is 2.97. The number of amides is 1. The van der Waals surface area contributed by atoms with Crippen LogP contribution in [-0.4, -0.2) is 21.2 Å². The third-order valence-electron chi connectivity index (χ3n) is 4.94. The molecule has 0 spiro atoms. The second kappa shape index (κ2) is 8.63. The van der Waals surface area contributed by atoms with E-state index in [1.807, 2.05) is 67.6 Å². The number of aromatic nitrogens is 2. The van der Waals surface area contributed by atoms with E-state index < -0.39 is 0 Å². The average Bonchev–Trinajstić information content (AvgIpc) is 3.12. The van der Waals surface area contributed by atoms with Gasteiger partial charge < -0.3 is 9.88 Å². The number of hydrogen-bond acceptors (Lipinski definition) is 3. The number of anilines is 1. The highest BCUT2D eigenvalue weighted by Gasteiger charge is 2.21. The van der Waals surface area contributed by atoms with Gasteiger partial charge in [-0.3, -0.25) is 9.59 Å². The molecule has 0 atom stereocenters. The smallest absolute Gasteiger partial charge is 0.244 e. The van der Waals surface area contributed by atoms with Gasteiger partial charge in [0.05, 0.1) is 11.0 Å². The van der Waals surface area contributed by atoms with Gasteiger partial charge in [-0.25, -0.2) is 4.98 Å². The summed E-state index contributed by atoms with van der Waals surface area (Å²) in [6.07, 6.45) is 0.817. The van der Waals surface area contributed by atoms with Crippen molar-refractivity contribution in [1.82, 2.24) is 9.55 Å². The van der Waals surface area contributed by atoms with E-state index in [2.05, 4.69) is 26.2 Å². The van der Waals surface area contributed by atoms with Gasteiger partial charge in [-0.2, -0.15) is 0 Å². The van der Waals surface area contributed by atoms with Crippen LogP contribution < -0.4 is 5.32 Å². The van der Waals surface area contributed by atoms with Crippen LogP contribution in [0.25, 0.3) is 11.0 Å². The topological polar surface area (TPSA) is 64.0 Å². The van der Waals surface area contributed by atoms with Gasteiger partial charge in [0.25, 0.3) is 0 Å². The van der Waals surface area contributed by atoms with E-state index in [0.717, 1.165) is 27.7 Å². The first-order valence-electron chi connectivity index (χ1n) is 9.70. The highest BCUT2D eigenvalue weighted by Crippen LogP contribution is 2.21. The molecule has 0 saturated heterocycles. The lowest BCUT2D eigenvalue weighted by molar-refractivity contribution is -0.116. The molecule has 0 fully saturated rings. The van der Waals surface area contributed by atoms with E-state index >= 15 is 0 Å². The van der Waals surface area contributed by atoms with Crippen LogP contribution in [0.3, 0.4) is 0 Å². The molecule has 1 heterocycles. The summed E-state index contributed by atoms with van der Waals surface area (Å²) in [6, 6.07) is 22.3. The summed E-state index contributed by atoms with van der Waals surface area (Å²) in [5.41, 5.74) is 3.80. The maximum absolute atomic E-state index is 13.2. The van der Waals surface area contributed by atoms with Crippen molar-refractivity contribution in [1.29, 1.82) is 0 Å². The van der Waals surface area contributed by atoms with E-state index in [-0.39, 0.29) is 24.1 Å². The van der Waals surface area contributed by atoms with E-state index in [9.17, 15) is 9.59 Å². The predicted octanol–water partition coefficient (Wildman–Crippen LogP) is 5.23. The Morgan fingerprint density at radius 1 is 0.967 bits per heavy atom. The van der Waals surface area contributed by atoms with Gasteiger partial charge in [0.1, 0.15) is 6.54 Å². The molecule has 150 valence electrons. The molecule has 4 rings (SSSR count). The Hall–Kier alpha value is -3.25. The minimum Gasteiger partial charge on any atom is -0.324 e. The van der Waals surface area contributed by atoms with Crippen LogP contribution in [0, 0.1) is 0 Å². The van der Waals surface area contributed by atoms with Gasteiger partial charge in [-0.1, -0.05) is 53.2 Å². The number of nitrogens with zero attached hydrogens (tertiary/aromatic N) is 2. The third-order valence-corrected chi connectivity index (χ3v) is 5.47. The predicted molar refractivity (Wildman–Crippen MR) is 122 cm³/mol. The third kappa shape index (κ3) is 4.04. The van der Waals surface area contributed by atoms with Crippen molar-refractivity contribution in [2.45, 2.75) is 19.9 Å². The van der Waals surface area contributed by atoms with Crippen LogP contribution in [0.4, 0.5) is 5.69 Å². The van der Waals surface area contributed by atoms with E-state index in [1.54, 1.807) is 16.7 Å². The summed E-state index contributed by atoms with van der Waals surface area (Å²) < 4.78 is 2.57. The first kappa shape index (κ1) is 20.0.